The lowest BCUT2D eigenvalue weighted by molar-refractivity contribution is -0.113. The van der Waals surface area contributed by atoms with Crippen LogP contribution in [0.4, 0.5) is 47.1 Å². The van der Waals surface area contributed by atoms with E-state index in [1.165, 1.54) is 26.7 Å². The van der Waals surface area contributed by atoms with Crippen molar-refractivity contribution in [1.29, 1.82) is 0 Å². The number of nitrogens with zero attached hydrogens (tertiary/aromatic N) is 18. The minimum Gasteiger partial charge on any atom is -0.496 e. The highest BCUT2D eigenvalue weighted by Crippen LogP contribution is 2.47. The molecule has 0 spiro atoms. The first kappa shape index (κ1) is 86.6. The molecule has 16 rings (SSSR count). The maximum absolute atomic E-state index is 13.5. The molecule has 0 aromatic carbocycles. The van der Waals surface area contributed by atoms with Gasteiger partial charge in [-0.3, -0.25) is 58.7 Å². The van der Waals surface area contributed by atoms with Crippen LogP contribution >= 0.6 is 46.4 Å². The van der Waals surface area contributed by atoms with E-state index in [1.54, 1.807) is 108 Å². The number of halogens is 4. The van der Waals surface area contributed by atoms with Gasteiger partial charge in [-0.15, -0.1) is 0 Å². The number of methoxy groups -OCH3 is 5. The number of anilines is 8. The van der Waals surface area contributed by atoms with E-state index in [1.807, 2.05) is 82.2 Å². The van der Waals surface area contributed by atoms with Crippen molar-refractivity contribution in [2.45, 2.75) is 102 Å². The standard InChI is InChI=1S/C22H21ClN6O4.C22H23ClN6O2.C20H20ClN7O2.C19H18ClN7O2/c1-10-8-25-15(11(2)17(10)32-3)9-29-19-16(18(23)27-22(24)28-19)13(20(29)30)7-12-5-6-14(26-12)21(31)33-4;1-10-6-12(3)26-15(10)7-14-17-19(23)27-22(24)28-20(17)29(21(14)30)9-16-13(4)18(31-5)11(2)8-25-16;1-9-6-23-14(10(2)16(9)30-4)7-28-18-15(17(21)26-20(22)27-18)12(19(28)29)5-13-11(3)24-8-25-13;1-9-7-24-12(10(2)15(9)29-3)8-27-17-14(16(20)25-19(21)26-17)11(18(27)28)6-13-22-4-5-23-13/h5-8,26H,9H2,1-4H3,(H2,24,27,28);6-8,26H,9H2,1-5H3,(H2,24,27,28);5-6,8H,7H2,1-4H3,(H,24,25)(H2,22,26,27);4-7H,8H2,1-3H3,(H,22,23)(H2,21,25,26)/b13-7-;14-7-;12-5-;11-6-. The highest BCUT2D eigenvalue weighted by Gasteiger charge is 2.43. The van der Waals surface area contributed by atoms with Gasteiger partial charge >= 0.3 is 5.97 Å². The molecule has 16 heterocycles. The molecule has 36 nitrogen and oxygen atoms in total. The van der Waals surface area contributed by atoms with E-state index in [9.17, 15) is 24.0 Å². The molecule has 0 saturated heterocycles. The number of nitrogens with two attached hydrogens (primary N) is 4. The van der Waals surface area contributed by atoms with Gasteiger partial charge in [-0.1, -0.05) is 46.4 Å². The summed E-state index contributed by atoms with van der Waals surface area (Å²) >= 11 is 25.5. The Balaban J connectivity index is 0.000000141. The molecule has 0 radical (unpaired) electrons. The molecule has 0 unspecified atom stereocenters. The average molecular weight is 1750 g/mol. The zero-order valence-electron chi connectivity index (χ0n) is 69.4. The molecule has 123 heavy (non-hydrogen) atoms. The number of aromatic nitrogens is 18. The lowest BCUT2D eigenvalue weighted by atomic mass is 10.1. The van der Waals surface area contributed by atoms with Crippen molar-refractivity contribution >= 4 is 170 Å². The summed E-state index contributed by atoms with van der Waals surface area (Å²) in [6, 6.07) is 5.22. The summed E-state index contributed by atoms with van der Waals surface area (Å²) in [4.78, 5) is 143. The summed E-state index contributed by atoms with van der Waals surface area (Å²) in [5.74, 6) is 2.96. The molecule has 12 N–H and O–H groups in total. The number of rotatable bonds is 17. The fourth-order valence-electron chi connectivity index (χ4n) is 14.6. The minimum atomic E-state index is -0.525. The van der Waals surface area contributed by atoms with E-state index in [-0.39, 0.29) is 111 Å². The number of pyridine rings is 4. The highest BCUT2D eigenvalue weighted by molar-refractivity contribution is 6.44. The maximum atomic E-state index is 13.5. The van der Waals surface area contributed by atoms with Crippen LogP contribution in [0.3, 0.4) is 0 Å². The number of carbonyl (C=O) groups excluding carboxylic acids is 5. The number of carbonyl (C=O) groups is 5. The van der Waals surface area contributed by atoms with Crippen LogP contribution in [0, 0.1) is 76.2 Å². The predicted octanol–water partition coefficient (Wildman–Crippen LogP) is 12.1. The zero-order chi connectivity index (χ0) is 88.6. The third-order valence-corrected chi connectivity index (χ3v) is 21.6. The molecular weight excluding hydrogens is 1660 g/mol. The van der Waals surface area contributed by atoms with Crippen molar-refractivity contribution in [1.82, 2.24) is 89.7 Å². The smallest absolute Gasteiger partial charge is 0.354 e. The lowest BCUT2D eigenvalue weighted by Gasteiger charge is -2.19. The second-order valence-electron chi connectivity index (χ2n) is 28.5. The van der Waals surface area contributed by atoms with Gasteiger partial charge in [-0.25, -0.2) is 34.7 Å². The number of fused-ring (bicyclic) bond motifs is 4. The van der Waals surface area contributed by atoms with Crippen LogP contribution in [0.5, 0.6) is 23.0 Å². The third kappa shape index (κ3) is 17.1. The molecule has 0 bridgehead atoms. The Morgan fingerprint density at radius 2 is 0.772 bits per heavy atom. The fraction of sp³-hybridized carbons (Fsp3) is 0.241. The first-order chi connectivity index (χ1) is 58.7. The zero-order valence-corrected chi connectivity index (χ0v) is 72.4. The van der Waals surface area contributed by atoms with Crippen LogP contribution in [0.2, 0.25) is 20.6 Å². The van der Waals surface area contributed by atoms with Gasteiger partial charge < -0.3 is 66.6 Å². The van der Waals surface area contributed by atoms with E-state index in [0.717, 1.165) is 84.4 Å². The van der Waals surface area contributed by atoms with Crippen molar-refractivity contribution < 1.29 is 47.7 Å². The molecule has 0 aliphatic carbocycles. The molecule has 0 atom stereocenters. The Bertz CT molecular complexity index is 6430. The van der Waals surface area contributed by atoms with E-state index in [4.69, 9.17) is 93.0 Å². The Hall–Kier alpha value is -14.2. The molecule has 4 aliphatic heterocycles. The first-order valence-electron chi connectivity index (χ1n) is 37.5. The first-order valence-corrected chi connectivity index (χ1v) is 39.1. The quantitative estimate of drug-likeness (QED) is 0.0238. The minimum absolute atomic E-state index is 0.000802. The number of ether oxygens (including phenoxy) is 5. The predicted molar refractivity (Wildman–Crippen MR) is 467 cm³/mol. The summed E-state index contributed by atoms with van der Waals surface area (Å²) in [5, 5.41) is 0.397. The molecule has 4 amide bonds. The van der Waals surface area contributed by atoms with Crippen LogP contribution in [-0.2, 0) is 50.1 Å². The van der Waals surface area contributed by atoms with Gasteiger partial charge in [0.15, 0.2) is 23.3 Å². The molecular formula is C83H82Cl4N26O10. The van der Waals surface area contributed by atoms with Crippen molar-refractivity contribution in [3.63, 3.8) is 0 Å². The number of nitrogen functional groups attached to an aromatic ring is 4. The number of esters is 1. The number of H-pyrrole nitrogens is 4. The van der Waals surface area contributed by atoms with Gasteiger partial charge in [0, 0.05) is 104 Å². The number of hydrogen-bond acceptors (Lipinski definition) is 28. The van der Waals surface area contributed by atoms with Crippen LogP contribution < -0.4 is 61.5 Å². The number of nitrogens with one attached hydrogen (secondary N) is 4. The van der Waals surface area contributed by atoms with Gasteiger partial charge in [-0.2, -0.15) is 19.9 Å². The molecule has 12 aromatic heterocycles. The topological polar surface area (TPSA) is 492 Å². The molecule has 0 fully saturated rings. The van der Waals surface area contributed by atoms with Crippen LogP contribution in [-0.4, -0.2) is 155 Å². The van der Waals surface area contributed by atoms with Crippen molar-refractivity contribution in [3.8, 4) is 23.0 Å². The van der Waals surface area contributed by atoms with Crippen molar-refractivity contribution in [3.05, 3.63) is 217 Å². The number of hydrogen-bond donors (Lipinski definition) is 8. The van der Waals surface area contributed by atoms with E-state index in [2.05, 4.69) is 89.7 Å². The van der Waals surface area contributed by atoms with Gasteiger partial charge in [0.25, 0.3) is 23.6 Å². The van der Waals surface area contributed by atoms with Crippen LogP contribution in [0.1, 0.15) is 140 Å². The van der Waals surface area contributed by atoms with Gasteiger partial charge in [-0.05, 0) is 124 Å². The third-order valence-electron chi connectivity index (χ3n) is 20.5. The van der Waals surface area contributed by atoms with Crippen molar-refractivity contribution in [2.24, 2.45) is 0 Å². The number of imidazole rings is 2. The molecule has 4 aliphatic rings. The van der Waals surface area contributed by atoms with Gasteiger partial charge in [0.2, 0.25) is 23.8 Å². The Labute approximate surface area is 723 Å². The molecule has 632 valence electrons. The van der Waals surface area contributed by atoms with Gasteiger partial charge in [0.05, 0.1) is 141 Å². The largest absolute Gasteiger partial charge is 0.496 e. The Morgan fingerprint density at radius 1 is 0.423 bits per heavy atom. The van der Waals surface area contributed by atoms with E-state index in [0.29, 0.717) is 102 Å². The summed E-state index contributed by atoms with van der Waals surface area (Å²) in [6.07, 6.45) is 18.3. The second-order valence-corrected chi connectivity index (χ2v) is 30.0. The average Bonchev–Trinajstić information content (AvgIpc) is 1.62. The Morgan fingerprint density at radius 3 is 1.08 bits per heavy atom. The van der Waals surface area contributed by atoms with Crippen molar-refractivity contribution in [2.75, 3.05) is 78.1 Å². The highest BCUT2D eigenvalue weighted by atomic mass is 35.5. The lowest BCUT2D eigenvalue weighted by Crippen LogP contribution is -2.27. The summed E-state index contributed by atoms with van der Waals surface area (Å²) in [5.41, 5.74) is 41.0. The fourth-order valence-corrected chi connectivity index (χ4v) is 15.7. The number of aryl methyl sites for hydroxylation is 7. The number of aromatic amines is 4. The molecule has 0 saturated carbocycles. The van der Waals surface area contributed by atoms with Gasteiger partial charge in [0.1, 0.15) is 55.1 Å². The number of amides is 4. The SMILES string of the molecule is COC(=O)c1ccc(/C=C2\C(=O)N(Cc3ncc(C)c(OC)c3C)c3nc(N)nc(Cl)c32)[nH]1.COc1c(C)cnc(CN2C(=O)/C(=C\c3[nH]c(C)cc3C)c3c(Cl)nc(N)nc32)c1C.COc1c(C)cnc(CN2C(=O)/C(=C\c3nc[nH]c3C)c3c(Cl)nc(N)nc32)c1C.COc1c(C)cnc(CN2C(=O)/C(=C\c3ncc[nH]3)c3c(Cl)nc(N)nc32)c1C. The summed E-state index contributed by atoms with van der Waals surface area (Å²) < 4.78 is 26.7. The van der Waals surface area contributed by atoms with E-state index < -0.39 is 5.97 Å². The Kier molecular flexibility index (Phi) is 25.1. The van der Waals surface area contributed by atoms with Crippen LogP contribution in [0.15, 0.2) is 61.7 Å². The van der Waals surface area contributed by atoms with E-state index >= 15 is 0 Å². The second kappa shape index (κ2) is 35.6. The summed E-state index contributed by atoms with van der Waals surface area (Å²) in [6.45, 7) is 21.7. The van der Waals surface area contributed by atoms with Crippen LogP contribution in [0.25, 0.3) is 46.6 Å². The maximum Gasteiger partial charge on any atom is 0.354 e. The normalized spacial score (nSPS) is 14.4. The molecule has 40 heteroatoms. The monoisotopic (exact) mass is 1740 g/mol. The molecule has 12 aromatic rings. The summed E-state index contributed by atoms with van der Waals surface area (Å²) in [7, 11) is 7.70.